The fraction of sp³-hybridized carbons (Fsp3) is 0.238. The van der Waals surface area contributed by atoms with Crippen molar-refractivity contribution in [2.75, 3.05) is 23.1 Å². The van der Waals surface area contributed by atoms with Gasteiger partial charge in [0, 0.05) is 12.1 Å². The van der Waals surface area contributed by atoms with E-state index in [2.05, 4.69) is 10.3 Å². The maximum atomic E-state index is 13.2. The number of carbonyl (C=O) groups is 1. The summed E-state index contributed by atoms with van der Waals surface area (Å²) in [5.41, 5.74) is 7.03. The van der Waals surface area contributed by atoms with Crippen molar-refractivity contribution >= 4 is 44.8 Å². The summed E-state index contributed by atoms with van der Waals surface area (Å²) >= 11 is 12.4. The summed E-state index contributed by atoms with van der Waals surface area (Å²) in [7, 11) is -3.76. The van der Waals surface area contributed by atoms with Gasteiger partial charge in [-0.1, -0.05) is 35.3 Å². The average molecular weight is 497 g/mol. The zero-order chi connectivity index (χ0) is 23.1. The number of benzene rings is 2. The van der Waals surface area contributed by atoms with Crippen LogP contribution in [0.25, 0.3) is 11.3 Å². The summed E-state index contributed by atoms with van der Waals surface area (Å²) in [5.74, 6) is 0.0485. The number of anilines is 1. The van der Waals surface area contributed by atoms with Crippen molar-refractivity contribution in [2.45, 2.75) is 13.0 Å². The number of halogens is 2. The standard InChI is InChI=1S/C21H22Cl2N4O4S/c22-18-4-1-3-16(21(18)23)13-27(32(29,30)10-2-9-26-20(28)11-24)17-7-5-15(6-8-17)19-12-25-14-31-19/h1,3-8,12,14H,2,9-11,13,24H2,(H,26,28). The van der Waals surface area contributed by atoms with Crippen LogP contribution in [0, 0.1) is 0 Å². The molecule has 1 aromatic heterocycles. The molecule has 3 N–H and O–H groups in total. The van der Waals surface area contributed by atoms with Crippen LogP contribution in [0.2, 0.25) is 10.0 Å². The lowest BCUT2D eigenvalue weighted by Gasteiger charge is -2.25. The van der Waals surface area contributed by atoms with E-state index >= 15 is 0 Å². The van der Waals surface area contributed by atoms with E-state index in [1.807, 2.05) is 0 Å². The summed E-state index contributed by atoms with van der Waals surface area (Å²) in [4.78, 5) is 15.2. The molecule has 3 aromatic rings. The second-order valence-electron chi connectivity index (χ2n) is 6.86. The Balaban J connectivity index is 1.86. The van der Waals surface area contributed by atoms with Gasteiger partial charge in [-0.2, -0.15) is 0 Å². The largest absolute Gasteiger partial charge is 0.444 e. The van der Waals surface area contributed by atoms with Gasteiger partial charge in [0.2, 0.25) is 15.9 Å². The molecule has 1 heterocycles. The Labute approximate surface area is 196 Å². The molecule has 0 fully saturated rings. The maximum Gasteiger partial charge on any atom is 0.235 e. The second-order valence-corrected chi connectivity index (χ2v) is 9.65. The predicted octanol–water partition coefficient (Wildman–Crippen LogP) is 3.45. The van der Waals surface area contributed by atoms with Crippen molar-refractivity contribution in [1.82, 2.24) is 10.3 Å². The molecular formula is C21H22Cl2N4O4S. The number of aromatic nitrogens is 1. The van der Waals surface area contributed by atoms with E-state index in [1.54, 1.807) is 48.7 Å². The Bertz CT molecular complexity index is 1150. The topological polar surface area (TPSA) is 119 Å². The number of nitrogens with one attached hydrogen (secondary N) is 1. The van der Waals surface area contributed by atoms with Gasteiger partial charge in [0.05, 0.1) is 40.8 Å². The molecule has 170 valence electrons. The van der Waals surface area contributed by atoms with Crippen molar-refractivity contribution in [3.05, 3.63) is 70.7 Å². The van der Waals surface area contributed by atoms with Crippen LogP contribution in [0.4, 0.5) is 5.69 Å². The molecule has 0 aliphatic carbocycles. The summed E-state index contributed by atoms with van der Waals surface area (Å²) in [6.07, 6.45) is 3.12. The smallest absolute Gasteiger partial charge is 0.235 e. The van der Waals surface area contributed by atoms with Gasteiger partial charge in [0.1, 0.15) is 0 Å². The van der Waals surface area contributed by atoms with Crippen LogP contribution in [0.5, 0.6) is 0 Å². The molecule has 1 amide bonds. The molecule has 11 heteroatoms. The average Bonchev–Trinajstić information content (AvgIpc) is 3.32. The number of amides is 1. The third-order valence-electron chi connectivity index (χ3n) is 4.64. The predicted molar refractivity (Wildman–Crippen MR) is 125 cm³/mol. The fourth-order valence-corrected chi connectivity index (χ4v) is 4.88. The zero-order valence-electron chi connectivity index (χ0n) is 17.0. The van der Waals surface area contributed by atoms with Crippen molar-refractivity contribution in [3.8, 4) is 11.3 Å². The molecule has 0 atom stereocenters. The Hall–Kier alpha value is -2.59. The first kappa shape index (κ1) is 24.1. The minimum Gasteiger partial charge on any atom is -0.444 e. The van der Waals surface area contributed by atoms with Gasteiger partial charge in [-0.05, 0) is 42.3 Å². The quantitative estimate of drug-likeness (QED) is 0.415. The number of hydrogen-bond donors (Lipinski definition) is 2. The van der Waals surface area contributed by atoms with Crippen LogP contribution < -0.4 is 15.4 Å². The number of carbonyl (C=O) groups excluding carboxylic acids is 1. The normalized spacial score (nSPS) is 11.3. The number of oxazole rings is 1. The first-order valence-electron chi connectivity index (χ1n) is 9.71. The van der Waals surface area contributed by atoms with Gasteiger partial charge in [-0.25, -0.2) is 13.4 Å². The fourth-order valence-electron chi connectivity index (χ4n) is 2.99. The van der Waals surface area contributed by atoms with E-state index in [0.29, 0.717) is 27.1 Å². The Kier molecular flexibility index (Phi) is 8.14. The van der Waals surface area contributed by atoms with E-state index in [4.69, 9.17) is 33.4 Å². The summed E-state index contributed by atoms with van der Waals surface area (Å²) in [5, 5.41) is 3.21. The molecule has 0 spiro atoms. The number of sulfonamides is 1. The van der Waals surface area contributed by atoms with E-state index < -0.39 is 10.0 Å². The first-order chi connectivity index (χ1) is 15.3. The molecule has 32 heavy (non-hydrogen) atoms. The number of rotatable bonds is 10. The molecule has 0 aliphatic heterocycles. The molecular weight excluding hydrogens is 475 g/mol. The Morgan fingerprint density at radius 3 is 2.56 bits per heavy atom. The lowest BCUT2D eigenvalue weighted by atomic mass is 10.1. The number of nitrogens with zero attached hydrogens (tertiary/aromatic N) is 2. The summed E-state index contributed by atoms with van der Waals surface area (Å²) < 4.78 is 33.1. The zero-order valence-corrected chi connectivity index (χ0v) is 19.3. The minimum absolute atomic E-state index is 0.00145. The van der Waals surface area contributed by atoms with Crippen molar-refractivity contribution in [2.24, 2.45) is 5.73 Å². The monoisotopic (exact) mass is 496 g/mol. The number of hydrogen-bond acceptors (Lipinski definition) is 6. The van der Waals surface area contributed by atoms with Crippen LogP contribution >= 0.6 is 23.2 Å². The van der Waals surface area contributed by atoms with Crippen molar-refractivity contribution in [3.63, 3.8) is 0 Å². The molecule has 0 saturated carbocycles. The molecule has 0 unspecified atom stereocenters. The lowest BCUT2D eigenvalue weighted by Crippen LogP contribution is -2.35. The highest BCUT2D eigenvalue weighted by atomic mass is 35.5. The third kappa shape index (κ3) is 6.01. The van der Waals surface area contributed by atoms with Crippen LogP contribution in [0.15, 0.2) is 59.5 Å². The second kappa shape index (κ2) is 10.8. The molecule has 0 radical (unpaired) electrons. The van der Waals surface area contributed by atoms with Gasteiger partial charge in [-0.15, -0.1) is 0 Å². The minimum atomic E-state index is -3.76. The highest BCUT2D eigenvalue weighted by molar-refractivity contribution is 7.92. The summed E-state index contributed by atoms with van der Waals surface area (Å²) in [6, 6.07) is 11.9. The molecule has 0 saturated heterocycles. The SMILES string of the molecule is NCC(=O)NCCCS(=O)(=O)N(Cc1cccc(Cl)c1Cl)c1ccc(-c2cnco2)cc1. The molecule has 8 nitrogen and oxygen atoms in total. The van der Waals surface area contributed by atoms with E-state index in [9.17, 15) is 13.2 Å². The molecule has 2 aromatic carbocycles. The highest BCUT2D eigenvalue weighted by Crippen LogP contribution is 2.30. The third-order valence-corrected chi connectivity index (χ3v) is 7.31. The lowest BCUT2D eigenvalue weighted by molar-refractivity contribution is -0.119. The van der Waals surface area contributed by atoms with Gasteiger partial charge in [0.25, 0.3) is 0 Å². The van der Waals surface area contributed by atoms with Crippen molar-refractivity contribution < 1.29 is 17.6 Å². The molecule has 0 aliphatic rings. The van der Waals surface area contributed by atoms with Crippen LogP contribution in [-0.4, -0.2) is 38.2 Å². The summed E-state index contributed by atoms with van der Waals surface area (Å²) in [6.45, 7) is 0.0493. The van der Waals surface area contributed by atoms with E-state index in [1.165, 1.54) is 10.7 Å². The van der Waals surface area contributed by atoms with Crippen LogP contribution in [0.3, 0.4) is 0 Å². The Morgan fingerprint density at radius 2 is 1.91 bits per heavy atom. The molecule has 3 rings (SSSR count). The maximum absolute atomic E-state index is 13.2. The van der Waals surface area contributed by atoms with Crippen LogP contribution in [0.1, 0.15) is 12.0 Å². The van der Waals surface area contributed by atoms with Gasteiger partial charge in [0.15, 0.2) is 12.2 Å². The number of nitrogens with two attached hydrogens (primary N) is 1. The highest BCUT2D eigenvalue weighted by Gasteiger charge is 2.24. The first-order valence-corrected chi connectivity index (χ1v) is 12.1. The van der Waals surface area contributed by atoms with Crippen LogP contribution in [-0.2, 0) is 21.4 Å². The van der Waals surface area contributed by atoms with Gasteiger partial charge >= 0.3 is 0 Å². The van der Waals surface area contributed by atoms with Gasteiger partial charge < -0.3 is 15.5 Å². The van der Waals surface area contributed by atoms with E-state index in [-0.39, 0.29) is 37.7 Å². The van der Waals surface area contributed by atoms with Crippen molar-refractivity contribution in [1.29, 1.82) is 0 Å². The van der Waals surface area contributed by atoms with Gasteiger partial charge in [-0.3, -0.25) is 9.10 Å². The van der Waals surface area contributed by atoms with E-state index in [0.717, 1.165) is 5.56 Å². The molecule has 0 bridgehead atoms. The Morgan fingerprint density at radius 1 is 1.16 bits per heavy atom.